The number of halogens is 1. The minimum atomic E-state index is -0.512. The Labute approximate surface area is 91.8 Å². The molecule has 0 spiro atoms. The molecule has 0 aliphatic rings. The van der Waals surface area contributed by atoms with Gasteiger partial charge in [-0.1, -0.05) is 0 Å². The minimum absolute atomic E-state index is 0.396. The van der Waals surface area contributed by atoms with Crippen LogP contribution >= 0.6 is 11.6 Å². The van der Waals surface area contributed by atoms with Crippen LogP contribution in [0.2, 0.25) is 0 Å². The first-order valence-corrected chi connectivity index (χ1v) is 4.72. The number of carbonyl (C=O) groups is 1. The van der Waals surface area contributed by atoms with Crippen molar-refractivity contribution in [1.82, 2.24) is 9.97 Å². The van der Waals surface area contributed by atoms with Gasteiger partial charge in [-0.3, -0.25) is 14.8 Å². The van der Waals surface area contributed by atoms with Gasteiger partial charge in [0.2, 0.25) is 0 Å². The fraction of sp³-hybridized carbons (Fsp3) is 0. The van der Waals surface area contributed by atoms with Gasteiger partial charge in [0, 0.05) is 24.2 Å². The molecule has 0 aromatic carbocycles. The normalized spacial score (nSPS) is 9.93. The zero-order chi connectivity index (χ0) is 10.7. The highest BCUT2D eigenvalue weighted by Crippen LogP contribution is 2.20. The average Bonchev–Trinajstić information content (AvgIpc) is 2.30. The maximum atomic E-state index is 11.1. The van der Waals surface area contributed by atoms with E-state index in [0.29, 0.717) is 11.3 Å². The van der Waals surface area contributed by atoms with E-state index >= 15 is 0 Å². The van der Waals surface area contributed by atoms with Crippen molar-refractivity contribution in [1.29, 1.82) is 0 Å². The summed E-state index contributed by atoms with van der Waals surface area (Å²) in [5.74, 6) is 0. The quantitative estimate of drug-likeness (QED) is 0.728. The number of nitrogens with zero attached hydrogens (tertiary/aromatic N) is 2. The van der Waals surface area contributed by atoms with Gasteiger partial charge in [-0.05, 0) is 35.9 Å². The molecule has 0 fully saturated rings. The van der Waals surface area contributed by atoms with E-state index in [2.05, 4.69) is 9.97 Å². The van der Waals surface area contributed by atoms with Gasteiger partial charge in [0.15, 0.2) is 0 Å². The maximum absolute atomic E-state index is 11.1. The van der Waals surface area contributed by atoms with Crippen molar-refractivity contribution in [3.63, 3.8) is 0 Å². The van der Waals surface area contributed by atoms with Gasteiger partial charge in [0.1, 0.15) is 0 Å². The lowest BCUT2D eigenvalue weighted by Gasteiger charge is -2.03. The third-order valence-corrected chi connectivity index (χ3v) is 2.16. The fourth-order valence-electron chi connectivity index (χ4n) is 1.30. The van der Waals surface area contributed by atoms with Gasteiger partial charge in [-0.2, -0.15) is 0 Å². The Hall–Kier alpha value is -1.74. The lowest BCUT2D eigenvalue weighted by molar-refractivity contribution is 0.108. The van der Waals surface area contributed by atoms with Crippen LogP contribution in [0, 0.1) is 0 Å². The molecular formula is C11H7ClN2O. The van der Waals surface area contributed by atoms with Gasteiger partial charge < -0.3 is 0 Å². The molecule has 74 valence electrons. The fourth-order valence-corrected chi connectivity index (χ4v) is 1.45. The molecule has 4 heteroatoms. The smallest absolute Gasteiger partial charge is 0.254 e. The highest BCUT2D eigenvalue weighted by atomic mass is 35.5. The molecule has 0 aliphatic carbocycles. The van der Waals surface area contributed by atoms with Crippen LogP contribution in [0.3, 0.4) is 0 Å². The molecule has 0 unspecified atom stereocenters. The van der Waals surface area contributed by atoms with Crippen LogP contribution in [0.5, 0.6) is 0 Å². The van der Waals surface area contributed by atoms with Gasteiger partial charge in [-0.15, -0.1) is 0 Å². The topological polar surface area (TPSA) is 42.9 Å². The first kappa shape index (κ1) is 9.80. The van der Waals surface area contributed by atoms with Gasteiger partial charge >= 0.3 is 0 Å². The summed E-state index contributed by atoms with van der Waals surface area (Å²) in [6, 6.07) is 6.94. The minimum Gasteiger partial charge on any atom is -0.276 e. The van der Waals surface area contributed by atoms with Crippen LogP contribution < -0.4 is 0 Å². The second-order valence-electron chi connectivity index (χ2n) is 2.91. The summed E-state index contributed by atoms with van der Waals surface area (Å²) in [5.41, 5.74) is 1.74. The average molecular weight is 219 g/mol. The number of rotatable bonds is 2. The lowest BCUT2D eigenvalue weighted by Crippen LogP contribution is -1.96. The Morgan fingerprint density at radius 1 is 1.20 bits per heavy atom. The van der Waals surface area contributed by atoms with Crippen LogP contribution in [0.15, 0.2) is 42.9 Å². The number of aromatic nitrogens is 2. The Kier molecular flexibility index (Phi) is 2.74. The Bertz CT molecular complexity index is 485. The Morgan fingerprint density at radius 3 is 2.67 bits per heavy atom. The highest BCUT2D eigenvalue weighted by Gasteiger charge is 2.10. The first-order chi connectivity index (χ1) is 7.29. The summed E-state index contributed by atoms with van der Waals surface area (Å²) in [6.45, 7) is 0. The van der Waals surface area contributed by atoms with Crippen molar-refractivity contribution < 1.29 is 4.79 Å². The third-order valence-electron chi connectivity index (χ3n) is 1.95. The molecule has 3 nitrogen and oxygen atoms in total. The van der Waals surface area contributed by atoms with Crippen molar-refractivity contribution in [2.45, 2.75) is 0 Å². The summed E-state index contributed by atoms with van der Waals surface area (Å²) >= 11 is 5.46. The Balaban J connectivity index is 2.58. The van der Waals surface area contributed by atoms with Crippen LogP contribution in [-0.2, 0) is 0 Å². The largest absolute Gasteiger partial charge is 0.276 e. The number of hydrogen-bond donors (Lipinski definition) is 0. The standard InChI is InChI=1S/C11H7ClN2O/c12-11(15)9-4-2-6-14-10(9)8-3-1-5-13-7-8/h1-7H. The van der Waals surface area contributed by atoms with Crippen LogP contribution in [0.4, 0.5) is 0 Å². The van der Waals surface area contributed by atoms with Crippen LogP contribution in [0.25, 0.3) is 11.3 Å². The highest BCUT2D eigenvalue weighted by molar-refractivity contribution is 6.68. The second kappa shape index (κ2) is 4.19. The zero-order valence-corrected chi connectivity index (χ0v) is 8.48. The maximum Gasteiger partial charge on any atom is 0.254 e. The summed E-state index contributed by atoms with van der Waals surface area (Å²) in [7, 11) is 0. The monoisotopic (exact) mass is 218 g/mol. The van der Waals surface area contributed by atoms with Gasteiger partial charge in [0.25, 0.3) is 5.24 Å². The molecule has 2 aromatic rings. The molecule has 0 saturated heterocycles. The van der Waals surface area contributed by atoms with E-state index in [1.54, 1.807) is 36.8 Å². The summed E-state index contributed by atoms with van der Waals surface area (Å²) in [5, 5.41) is -0.512. The molecule has 0 amide bonds. The van der Waals surface area contributed by atoms with Crippen molar-refractivity contribution in [3.8, 4) is 11.3 Å². The number of hydrogen-bond acceptors (Lipinski definition) is 3. The molecule has 15 heavy (non-hydrogen) atoms. The van der Waals surface area contributed by atoms with Crippen molar-refractivity contribution in [2.75, 3.05) is 0 Å². The molecule has 2 rings (SSSR count). The van der Waals surface area contributed by atoms with E-state index < -0.39 is 5.24 Å². The Morgan fingerprint density at radius 2 is 2.00 bits per heavy atom. The van der Waals surface area contributed by atoms with Gasteiger partial charge in [0.05, 0.1) is 11.3 Å². The number of carbonyl (C=O) groups excluding carboxylic acids is 1. The van der Waals surface area contributed by atoms with Crippen molar-refractivity contribution in [3.05, 3.63) is 48.4 Å². The molecular weight excluding hydrogens is 212 g/mol. The summed E-state index contributed by atoms with van der Waals surface area (Å²) in [4.78, 5) is 19.2. The van der Waals surface area contributed by atoms with Crippen LogP contribution in [0.1, 0.15) is 10.4 Å². The second-order valence-corrected chi connectivity index (χ2v) is 3.26. The summed E-state index contributed by atoms with van der Waals surface area (Å²) < 4.78 is 0. The third kappa shape index (κ3) is 2.02. The van der Waals surface area contributed by atoms with Crippen molar-refractivity contribution >= 4 is 16.8 Å². The molecule has 0 bridgehead atoms. The van der Waals surface area contributed by atoms with E-state index in [-0.39, 0.29) is 0 Å². The molecule has 2 heterocycles. The van der Waals surface area contributed by atoms with E-state index in [0.717, 1.165) is 5.56 Å². The molecule has 0 N–H and O–H groups in total. The van der Waals surface area contributed by atoms with E-state index in [9.17, 15) is 4.79 Å². The predicted octanol–water partition coefficient (Wildman–Crippen LogP) is 2.52. The van der Waals surface area contributed by atoms with Crippen molar-refractivity contribution in [2.24, 2.45) is 0 Å². The van der Waals surface area contributed by atoms with E-state index in [4.69, 9.17) is 11.6 Å². The molecule has 2 aromatic heterocycles. The molecule has 0 saturated carbocycles. The van der Waals surface area contributed by atoms with E-state index in [1.807, 2.05) is 6.07 Å². The zero-order valence-electron chi connectivity index (χ0n) is 7.72. The molecule has 0 radical (unpaired) electrons. The first-order valence-electron chi connectivity index (χ1n) is 4.34. The molecule has 0 atom stereocenters. The van der Waals surface area contributed by atoms with E-state index in [1.165, 1.54) is 0 Å². The number of pyridine rings is 2. The lowest BCUT2D eigenvalue weighted by atomic mass is 10.1. The van der Waals surface area contributed by atoms with Gasteiger partial charge in [-0.25, -0.2) is 0 Å². The predicted molar refractivity (Wildman–Crippen MR) is 57.7 cm³/mol. The summed E-state index contributed by atoms with van der Waals surface area (Å²) in [6.07, 6.45) is 4.92. The SMILES string of the molecule is O=C(Cl)c1cccnc1-c1cccnc1. The molecule has 0 aliphatic heterocycles. The van der Waals surface area contributed by atoms with Crippen LogP contribution in [-0.4, -0.2) is 15.2 Å².